The molecule has 2 N–H and O–H groups in total. The van der Waals surface area contributed by atoms with Crippen molar-refractivity contribution in [3.63, 3.8) is 0 Å². The van der Waals surface area contributed by atoms with Crippen LogP contribution in [0.1, 0.15) is 29.8 Å². The summed E-state index contributed by atoms with van der Waals surface area (Å²) in [6.45, 7) is 5.11. The number of allylic oxidation sites excluding steroid dienone is 2. The number of amides is 1. The van der Waals surface area contributed by atoms with E-state index in [1.807, 2.05) is 0 Å². The summed E-state index contributed by atoms with van der Waals surface area (Å²) in [5.74, 6) is -2.84. The van der Waals surface area contributed by atoms with Gasteiger partial charge in [-0.15, -0.1) is 0 Å². The van der Waals surface area contributed by atoms with Crippen molar-refractivity contribution in [2.75, 3.05) is 5.32 Å². The topological polar surface area (TPSA) is 133 Å². The molecule has 0 aliphatic heterocycles. The lowest BCUT2D eigenvalue weighted by Crippen LogP contribution is -2.41. The summed E-state index contributed by atoms with van der Waals surface area (Å²) in [6.07, 6.45) is 4.10. The van der Waals surface area contributed by atoms with E-state index in [-0.39, 0.29) is 17.9 Å². The Morgan fingerprint density at radius 3 is 2.52 bits per heavy atom. The Morgan fingerprint density at radius 2 is 1.89 bits per heavy atom. The Bertz CT molecular complexity index is 988. The predicted molar refractivity (Wildman–Crippen MR) is 95.2 cm³/mol. The van der Waals surface area contributed by atoms with E-state index in [4.69, 9.17) is 0 Å². The number of hydrogen-bond donors (Lipinski definition) is 2. The molecular formula is C18H20N5O4-. The number of aromatic nitrogens is 4. The SMILES string of the molecule is Cc1cc(NC(=O)[C@H]2CC=CC[C@@H]2C(=O)[O-])n(-c2nc(C)c(C)c(=O)[nH]2)n1. The van der Waals surface area contributed by atoms with Crippen molar-refractivity contribution in [3.05, 3.63) is 45.5 Å². The highest BCUT2D eigenvalue weighted by Crippen LogP contribution is 2.27. The standard InChI is InChI=1S/C18H21N5O4/c1-9-8-14(20-16(25)12-6-4-5-7-13(12)17(26)27)23(22-9)18-19-11(3)10(2)15(24)21-18/h4-5,8,12-13H,6-7H2,1-3H3,(H,20,25)(H,26,27)(H,19,21,24)/p-1/t12-,13-/m0/s1. The van der Waals surface area contributed by atoms with Crippen LogP contribution >= 0.6 is 0 Å². The molecule has 0 aromatic carbocycles. The smallest absolute Gasteiger partial charge is 0.255 e. The third-order valence-electron chi connectivity index (χ3n) is 4.74. The highest BCUT2D eigenvalue weighted by atomic mass is 16.4. The number of carboxylic acids is 1. The number of carboxylic acid groups (broad SMARTS) is 1. The lowest BCUT2D eigenvalue weighted by molar-refractivity contribution is -0.313. The van der Waals surface area contributed by atoms with Crippen LogP contribution in [0.4, 0.5) is 5.82 Å². The highest BCUT2D eigenvalue weighted by molar-refractivity contribution is 5.94. The molecule has 1 aliphatic rings. The molecule has 2 atom stereocenters. The van der Waals surface area contributed by atoms with Gasteiger partial charge in [-0.2, -0.15) is 9.78 Å². The molecule has 0 saturated carbocycles. The molecule has 1 amide bonds. The van der Waals surface area contributed by atoms with Gasteiger partial charge in [0.2, 0.25) is 11.9 Å². The Hall–Kier alpha value is -3.23. The van der Waals surface area contributed by atoms with Crippen LogP contribution in [0.3, 0.4) is 0 Å². The minimum absolute atomic E-state index is 0.173. The Morgan fingerprint density at radius 1 is 1.22 bits per heavy atom. The molecule has 0 unspecified atom stereocenters. The van der Waals surface area contributed by atoms with Gasteiger partial charge in [0.15, 0.2) is 0 Å². The number of aryl methyl sites for hydroxylation is 2. The number of carbonyl (C=O) groups excluding carboxylic acids is 2. The number of nitrogens with zero attached hydrogens (tertiary/aromatic N) is 3. The lowest BCUT2D eigenvalue weighted by Gasteiger charge is -2.28. The monoisotopic (exact) mass is 370 g/mol. The van der Waals surface area contributed by atoms with Crippen LogP contribution < -0.4 is 16.0 Å². The van der Waals surface area contributed by atoms with Crippen molar-refractivity contribution < 1.29 is 14.7 Å². The highest BCUT2D eigenvalue weighted by Gasteiger charge is 2.30. The summed E-state index contributed by atoms with van der Waals surface area (Å²) in [5.41, 5.74) is 1.36. The maximum atomic E-state index is 12.7. The Kier molecular flexibility index (Phi) is 4.93. The third-order valence-corrected chi connectivity index (χ3v) is 4.74. The van der Waals surface area contributed by atoms with Gasteiger partial charge in [-0.1, -0.05) is 12.2 Å². The molecule has 1 aliphatic carbocycles. The summed E-state index contributed by atoms with van der Waals surface area (Å²) in [4.78, 5) is 43.0. The Balaban J connectivity index is 1.93. The zero-order valence-electron chi connectivity index (χ0n) is 15.3. The molecule has 0 fully saturated rings. The average molecular weight is 370 g/mol. The van der Waals surface area contributed by atoms with Gasteiger partial charge in [-0.3, -0.25) is 14.6 Å². The van der Waals surface area contributed by atoms with E-state index in [0.717, 1.165) is 0 Å². The fourth-order valence-electron chi connectivity index (χ4n) is 3.06. The van der Waals surface area contributed by atoms with Gasteiger partial charge in [-0.05, 0) is 33.6 Å². The summed E-state index contributed by atoms with van der Waals surface area (Å²) >= 11 is 0. The van der Waals surface area contributed by atoms with Gasteiger partial charge in [0.1, 0.15) is 5.82 Å². The fourth-order valence-corrected chi connectivity index (χ4v) is 3.06. The number of H-pyrrole nitrogens is 1. The summed E-state index contributed by atoms with van der Waals surface area (Å²) < 4.78 is 1.33. The van der Waals surface area contributed by atoms with Gasteiger partial charge in [-0.25, -0.2) is 4.98 Å². The molecule has 2 aromatic heterocycles. The molecule has 0 bridgehead atoms. The van der Waals surface area contributed by atoms with E-state index in [1.54, 1.807) is 39.0 Å². The molecule has 142 valence electrons. The largest absolute Gasteiger partial charge is 0.550 e. The first-order valence-corrected chi connectivity index (χ1v) is 8.59. The number of hydrogen-bond acceptors (Lipinski definition) is 6. The molecule has 0 spiro atoms. The van der Waals surface area contributed by atoms with Crippen molar-refractivity contribution in [1.29, 1.82) is 0 Å². The minimum atomic E-state index is -1.25. The van der Waals surface area contributed by atoms with E-state index in [1.165, 1.54) is 4.68 Å². The summed E-state index contributed by atoms with van der Waals surface area (Å²) in [7, 11) is 0. The predicted octanol–water partition coefficient (Wildman–Crippen LogP) is 0.152. The van der Waals surface area contributed by atoms with Gasteiger partial charge in [0, 0.05) is 29.2 Å². The van der Waals surface area contributed by atoms with Crippen molar-refractivity contribution in [2.24, 2.45) is 11.8 Å². The van der Waals surface area contributed by atoms with Gasteiger partial charge >= 0.3 is 0 Å². The second kappa shape index (κ2) is 7.18. The van der Waals surface area contributed by atoms with Crippen LogP contribution in [-0.4, -0.2) is 31.6 Å². The van der Waals surface area contributed by atoms with Crippen LogP contribution in [0, 0.1) is 32.6 Å². The number of aliphatic carboxylic acids is 1. The number of anilines is 1. The van der Waals surface area contributed by atoms with Crippen LogP contribution in [0.25, 0.3) is 5.95 Å². The second-order valence-electron chi connectivity index (χ2n) is 6.65. The van der Waals surface area contributed by atoms with Crippen LogP contribution in [-0.2, 0) is 9.59 Å². The van der Waals surface area contributed by atoms with Crippen molar-refractivity contribution in [2.45, 2.75) is 33.6 Å². The first kappa shape index (κ1) is 18.6. The van der Waals surface area contributed by atoms with Crippen LogP contribution in [0.5, 0.6) is 0 Å². The second-order valence-corrected chi connectivity index (χ2v) is 6.65. The Labute approximate surface area is 155 Å². The van der Waals surface area contributed by atoms with Gasteiger partial charge < -0.3 is 15.2 Å². The van der Waals surface area contributed by atoms with Crippen molar-refractivity contribution in [1.82, 2.24) is 19.7 Å². The molecule has 3 rings (SSSR count). The fraction of sp³-hybridized carbons (Fsp3) is 0.389. The molecule has 0 radical (unpaired) electrons. The molecule has 27 heavy (non-hydrogen) atoms. The quantitative estimate of drug-likeness (QED) is 0.736. The van der Waals surface area contributed by atoms with E-state index in [2.05, 4.69) is 20.4 Å². The van der Waals surface area contributed by atoms with Crippen molar-refractivity contribution >= 4 is 17.7 Å². The molecule has 2 aromatic rings. The zero-order valence-corrected chi connectivity index (χ0v) is 15.3. The zero-order chi connectivity index (χ0) is 19.7. The normalized spacial score (nSPS) is 19.1. The summed E-state index contributed by atoms with van der Waals surface area (Å²) in [6, 6.07) is 1.62. The molecule has 9 nitrogen and oxygen atoms in total. The van der Waals surface area contributed by atoms with Crippen LogP contribution in [0.2, 0.25) is 0 Å². The van der Waals surface area contributed by atoms with E-state index < -0.39 is 23.7 Å². The maximum absolute atomic E-state index is 12.7. The molecule has 9 heteroatoms. The minimum Gasteiger partial charge on any atom is -0.550 e. The van der Waals surface area contributed by atoms with E-state index in [9.17, 15) is 19.5 Å². The molecule has 0 saturated heterocycles. The number of nitrogens with one attached hydrogen (secondary N) is 2. The number of rotatable bonds is 4. The van der Waals surface area contributed by atoms with E-state index in [0.29, 0.717) is 29.2 Å². The lowest BCUT2D eigenvalue weighted by atomic mass is 9.82. The van der Waals surface area contributed by atoms with Gasteiger partial charge in [0.25, 0.3) is 5.56 Å². The molecular weight excluding hydrogens is 350 g/mol. The number of aromatic amines is 1. The third kappa shape index (κ3) is 3.67. The molecule has 2 heterocycles. The maximum Gasteiger partial charge on any atom is 0.255 e. The van der Waals surface area contributed by atoms with Crippen LogP contribution in [0.15, 0.2) is 23.0 Å². The summed E-state index contributed by atoms with van der Waals surface area (Å²) in [5, 5.41) is 18.3. The van der Waals surface area contributed by atoms with E-state index >= 15 is 0 Å². The average Bonchev–Trinajstić information content (AvgIpc) is 2.99. The first-order valence-electron chi connectivity index (χ1n) is 8.59. The van der Waals surface area contributed by atoms with Gasteiger partial charge in [0.05, 0.1) is 11.6 Å². The first-order chi connectivity index (χ1) is 12.8. The van der Waals surface area contributed by atoms with Crippen molar-refractivity contribution in [3.8, 4) is 5.95 Å². The number of carbonyl (C=O) groups is 2.